The van der Waals surface area contributed by atoms with Crippen molar-refractivity contribution in [1.29, 1.82) is 0 Å². The maximum absolute atomic E-state index is 12.0. The topological polar surface area (TPSA) is 91.9 Å². The molecule has 7 nitrogen and oxygen atoms in total. The molecule has 1 aliphatic heterocycles. The van der Waals surface area contributed by atoms with Crippen LogP contribution in [0.4, 0.5) is 10.5 Å². The number of aliphatic hydroxyl groups is 1. The van der Waals surface area contributed by atoms with Crippen molar-refractivity contribution in [2.24, 2.45) is 0 Å². The Morgan fingerprint density at radius 1 is 1.19 bits per heavy atom. The third-order valence-corrected chi connectivity index (χ3v) is 4.21. The minimum atomic E-state index is -0.871. The van der Waals surface area contributed by atoms with Gasteiger partial charge in [-0.05, 0) is 49.4 Å². The fourth-order valence-corrected chi connectivity index (χ4v) is 2.74. The first-order valence-electron chi connectivity index (χ1n) is 8.47. The zero-order chi connectivity index (χ0) is 18.4. The van der Waals surface area contributed by atoms with Gasteiger partial charge in [0.1, 0.15) is 5.75 Å². The molecule has 0 spiro atoms. The lowest BCUT2D eigenvalue weighted by Crippen LogP contribution is -2.45. The van der Waals surface area contributed by atoms with E-state index >= 15 is 0 Å². The third kappa shape index (κ3) is 4.65. The zero-order valence-corrected chi connectivity index (χ0v) is 14.6. The van der Waals surface area contributed by atoms with Crippen molar-refractivity contribution in [1.82, 2.24) is 10.6 Å². The summed E-state index contributed by atoms with van der Waals surface area (Å²) >= 11 is 0. The molecule has 2 amide bonds. The molecule has 2 aromatic rings. The van der Waals surface area contributed by atoms with Crippen LogP contribution in [-0.4, -0.2) is 43.5 Å². The predicted molar refractivity (Wildman–Crippen MR) is 99.0 cm³/mol. The van der Waals surface area contributed by atoms with E-state index in [1.54, 1.807) is 31.4 Å². The van der Waals surface area contributed by atoms with Crippen LogP contribution < -0.4 is 25.4 Å². The zero-order valence-electron chi connectivity index (χ0n) is 14.6. The van der Waals surface area contributed by atoms with Gasteiger partial charge >= 0.3 is 6.03 Å². The van der Waals surface area contributed by atoms with Crippen LogP contribution in [0.3, 0.4) is 0 Å². The first-order valence-corrected chi connectivity index (χ1v) is 8.47. The van der Waals surface area contributed by atoms with Gasteiger partial charge in [-0.15, -0.1) is 0 Å². The predicted octanol–water partition coefficient (Wildman–Crippen LogP) is 2.33. The second-order valence-electron chi connectivity index (χ2n) is 6.24. The van der Waals surface area contributed by atoms with Crippen molar-refractivity contribution < 1.29 is 19.4 Å². The number of anilines is 1. The molecule has 0 bridgehead atoms. The maximum atomic E-state index is 12.0. The lowest BCUT2D eigenvalue weighted by Gasteiger charge is -2.21. The number of amides is 2. The SMILES string of the molecule is COc1ccccc1Oc1ccc(NC(=O)NCC2(O)CCNC2)cc1. The van der Waals surface area contributed by atoms with Gasteiger partial charge in [0.25, 0.3) is 0 Å². The lowest BCUT2D eigenvalue weighted by atomic mass is 10.0. The first-order chi connectivity index (χ1) is 12.6. The molecule has 1 atom stereocenters. The summed E-state index contributed by atoms with van der Waals surface area (Å²) in [6.45, 7) is 1.45. The van der Waals surface area contributed by atoms with Crippen molar-refractivity contribution >= 4 is 11.7 Å². The van der Waals surface area contributed by atoms with Crippen molar-refractivity contribution in [2.45, 2.75) is 12.0 Å². The maximum Gasteiger partial charge on any atom is 0.319 e. The molecule has 7 heteroatoms. The number of rotatable bonds is 6. The van der Waals surface area contributed by atoms with Crippen LogP contribution in [0.15, 0.2) is 48.5 Å². The van der Waals surface area contributed by atoms with Crippen LogP contribution in [0, 0.1) is 0 Å². The summed E-state index contributed by atoms with van der Waals surface area (Å²) in [5, 5.41) is 18.7. The van der Waals surface area contributed by atoms with E-state index in [2.05, 4.69) is 16.0 Å². The van der Waals surface area contributed by atoms with E-state index in [1.807, 2.05) is 24.3 Å². The normalized spacial score (nSPS) is 19.0. The van der Waals surface area contributed by atoms with E-state index in [4.69, 9.17) is 9.47 Å². The van der Waals surface area contributed by atoms with Gasteiger partial charge in [0.05, 0.1) is 12.7 Å². The third-order valence-electron chi connectivity index (χ3n) is 4.21. The Hall–Kier alpha value is -2.77. The van der Waals surface area contributed by atoms with E-state index < -0.39 is 5.60 Å². The van der Waals surface area contributed by atoms with E-state index in [-0.39, 0.29) is 12.6 Å². The number of β-amino-alcohol motifs (C(OH)–C–C–N with tert-alkyl or cyclic N) is 1. The van der Waals surface area contributed by atoms with Crippen molar-refractivity contribution in [2.75, 3.05) is 32.1 Å². The van der Waals surface area contributed by atoms with Crippen LogP contribution in [0.2, 0.25) is 0 Å². The van der Waals surface area contributed by atoms with Gasteiger partial charge in [0.15, 0.2) is 11.5 Å². The Morgan fingerprint density at radius 2 is 1.92 bits per heavy atom. The second kappa shape index (κ2) is 8.07. The van der Waals surface area contributed by atoms with Gasteiger partial charge in [0, 0.05) is 18.8 Å². The van der Waals surface area contributed by atoms with E-state index in [1.165, 1.54) is 0 Å². The number of hydrogen-bond donors (Lipinski definition) is 4. The number of ether oxygens (including phenoxy) is 2. The molecule has 26 heavy (non-hydrogen) atoms. The average Bonchev–Trinajstić information content (AvgIpc) is 3.09. The summed E-state index contributed by atoms with van der Waals surface area (Å²) in [5.74, 6) is 1.90. The summed E-state index contributed by atoms with van der Waals surface area (Å²) < 4.78 is 11.1. The largest absolute Gasteiger partial charge is 0.493 e. The number of hydrogen-bond acceptors (Lipinski definition) is 5. The summed E-state index contributed by atoms with van der Waals surface area (Å²) in [5.41, 5.74) is -0.240. The number of carbonyl (C=O) groups excluding carboxylic acids is 1. The standard InChI is InChI=1S/C19H23N3O4/c1-25-16-4-2-3-5-17(16)26-15-8-6-14(7-9-15)22-18(23)21-13-19(24)10-11-20-12-19/h2-9,20,24H,10-13H2,1H3,(H2,21,22,23). The molecule has 1 fully saturated rings. The highest BCUT2D eigenvalue weighted by molar-refractivity contribution is 5.89. The molecule has 1 unspecified atom stereocenters. The number of benzene rings is 2. The fraction of sp³-hybridized carbons (Fsp3) is 0.316. The highest BCUT2D eigenvalue weighted by Gasteiger charge is 2.31. The van der Waals surface area contributed by atoms with Crippen molar-refractivity contribution in [3.8, 4) is 17.2 Å². The summed E-state index contributed by atoms with van der Waals surface area (Å²) in [6.07, 6.45) is 0.627. The quantitative estimate of drug-likeness (QED) is 0.637. The number of urea groups is 1. The van der Waals surface area contributed by atoms with E-state index in [0.29, 0.717) is 35.9 Å². The summed E-state index contributed by atoms with van der Waals surface area (Å²) in [6, 6.07) is 14.0. The Balaban J connectivity index is 1.53. The number of para-hydroxylation sites is 2. The van der Waals surface area contributed by atoms with Gasteiger partial charge < -0.3 is 30.5 Å². The molecule has 1 heterocycles. The molecule has 0 saturated carbocycles. The highest BCUT2D eigenvalue weighted by Crippen LogP contribution is 2.31. The van der Waals surface area contributed by atoms with Gasteiger partial charge in [-0.2, -0.15) is 0 Å². The molecule has 3 rings (SSSR count). The van der Waals surface area contributed by atoms with Crippen LogP contribution >= 0.6 is 0 Å². The number of nitrogens with one attached hydrogen (secondary N) is 3. The Labute approximate surface area is 152 Å². The molecular weight excluding hydrogens is 334 g/mol. The van der Waals surface area contributed by atoms with Crippen molar-refractivity contribution in [3.63, 3.8) is 0 Å². The Bertz CT molecular complexity index is 743. The fourth-order valence-electron chi connectivity index (χ4n) is 2.74. The monoisotopic (exact) mass is 357 g/mol. The molecule has 138 valence electrons. The van der Waals surface area contributed by atoms with Gasteiger partial charge in [-0.1, -0.05) is 12.1 Å². The minimum absolute atomic E-state index is 0.209. The number of carbonyl (C=O) groups is 1. The second-order valence-corrected chi connectivity index (χ2v) is 6.24. The van der Waals surface area contributed by atoms with Gasteiger partial charge in [0.2, 0.25) is 0 Å². The smallest absolute Gasteiger partial charge is 0.319 e. The molecule has 1 saturated heterocycles. The molecular formula is C19H23N3O4. The molecule has 2 aromatic carbocycles. The van der Waals surface area contributed by atoms with Gasteiger partial charge in [-0.25, -0.2) is 4.79 Å². The van der Waals surface area contributed by atoms with Crippen LogP contribution in [0.25, 0.3) is 0 Å². The lowest BCUT2D eigenvalue weighted by molar-refractivity contribution is 0.0640. The van der Waals surface area contributed by atoms with Crippen LogP contribution in [-0.2, 0) is 0 Å². The first kappa shape index (κ1) is 18.0. The van der Waals surface area contributed by atoms with E-state index in [0.717, 1.165) is 6.54 Å². The average molecular weight is 357 g/mol. The Kier molecular flexibility index (Phi) is 5.60. The van der Waals surface area contributed by atoms with Crippen LogP contribution in [0.5, 0.6) is 17.2 Å². The summed E-state index contributed by atoms with van der Waals surface area (Å²) in [7, 11) is 1.59. The Morgan fingerprint density at radius 3 is 2.58 bits per heavy atom. The summed E-state index contributed by atoms with van der Waals surface area (Å²) in [4.78, 5) is 12.0. The molecule has 4 N–H and O–H groups in total. The van der Waals surface area contributed by atoms with Crippen molar-refractivity contribution in [3.05, 3.63) is 48.5 Å². The molecule has 0 radical (unpaired) electrons. The molecule has 0 aromatic heterocycles. The highest BCUT2D eigenvalue weighted by atomic mass is 16.5. The van der Waals surface area contributed by atoms with E-state index in [9.17, 15) is 9.90 Å². The molecule has 1 aliphatic rings. The van der Waals surface area contributed by atoms with Gasteiger partial charge in [-0.3, -0.25) is 0 Å². The minimum Gasteiger partial charge on any atom is -0.493 e. The van der Waals surface area contributed by atoms with Crippen LogP contribution in [0.1, 0.15) is 6.42 Å². The molecule has 0 aliphatic carbocycles. The number of methoxy groups -OCH3 is 1.